The van der Waals surface area contributed by atoms with Crippen LogP contribution in [-0.2, 0) is 14.9 Å². The van der Waals surface area contributed by atoms with Gasteiger partial charge in [-0.3, -0.25) is 9.35 Å². The first kappa shape index (κ1) is 16.9. The average Bonchev–Trinajstić information content (AvgIpc) is 2.53. The maximum Gasteiger partial charge on any atom is 0.344 e. The number of carbonyl (C=O) groups is 1. The van der Waals surface area contributed by atoms with Crippen LogP contribution in [-0.4, -0.2) is 18.9 Å². The number of hydrogen-bond acceptors (Lipinski definition) is 5. The zero-order chi connectivity index (χ0) is 18.2. The lowest BCUT2D eigenvalue weighted by Crippen LogP contribution is -2.06. The summed E-state index contributed by atoms with van der Waals surface area (Å²) in [6, 6.07) is 11.8. The molecule has 3 rings (SSSR count). The van der Waals surface area contributed by atoms with E-state index < -0.39 is 15.7 Å². The van der Waals surface area contributed by atoms with Gasteiger partial charge in [-0.2, -0.15) is 8.42 Å². The Morgan fingerprint density at radius 1 is 1.08 bits per heavy atom. The van der Waals surface area contributed by atoms with Gasteiger partial charge in [-0.05, 0) is 35.9 Å². The van der Waals surface area contributed by atoms with E-state index in [1.807, 2.05) is 0 Å². The second kappa shape index (κ2) is 6.15. The Bertz CT molecular complexity index is 1130. The Morgan fingerprint density at radius 3 is 2.36 bits per heavy atom. The van der Waals surface area contributed by atoms with Gasteiger partial charge >= 0.3 is 5.63 Å². The van der Waals surface area contributed by atoms with Gasteiger partial charge in [0, 0.05) is 24.1 Å². The van der Waals surface area contributed by atoms with Crippen molar-refractivity contribution < 1.29 is 22.2 Å². The summed E-state index contributed by atoms with van der Waals surface area (Å²) in [4.78, 5) is 23.1. The molecule has 3 aromatic rings. The molecule has 1 heterocycles. The molecule has 25 heavy (non-hydrogen) atoms. The molecule has 0 unspecified atom stereocenters. The van der Waals surface area contributed by atoms with Gasteiger partial charge in [0.05, 0.1) is 10.5 Å². The maximum atomic E-state index is 12.2. The Kier molecular flexibility index (Phi) is 4.15. The van der Waals surface area contributed by atoms with E-state index in [0.29, 0.717) is 22.2 Å². The van der Waals surface area contributed by atoms with Crippen molar-refractivity contribution in [2.24, 2.45) is 0 Å². The molecule has 0 atom stereocenters. The van der Waals surface area contributed by atoms with Crippen LogP contribution in [0, 0.1) is 0 Å². The monoisotopic (exact) mass is 359 g/mol. The molecule has 0 aliphatic carbocycles. The van der Waals surface area contributed by atoms with Crippen molar-refractivity contribution in [1.82, 2.24) is 0 Å². The number of carbonyl (C=O) groups excluding carboxylic acids is 1. The third-order valence-corrected chi connectivity index (χ3v) is 4.39. The van der Waals surface area contributed by atoms with E-state index in [-0.39, 0.29) is 16.4 Å². The Morgan fingerprint density at radius 2 is 1.76 bits per heavy atom. The van der Waals surface area contributed by atoms with Crippen LogP contribution in [0.3, 0.4) is 0 Å². The van der Waals surface area contributed by atoms with Crippen LogP contribution in [0.4, 0.5) is 5.69 Å². The number of fused-ring (bicyclic) bond motifs is 1. The van der Waals surface area contributed by atoms with Gasteiger partial charge in [0.25, 0.3) is 10.1 Å². The first-order valence-electron chi connectivity index (χ1n) is 7.17. The number of nitrogens with one attached hydrogen (secondary N) is 1. The summed E-state index contributed by atoms with van der Waals surface area (Å²) in [7, 11) is -4.30. The molecular formula is C17H13NO6S. The number of anilines is 1. The second-order valence-electron chi connectivity index (χ2n) is 5.38. The fourth-order valence-electron chi connectivity index (χ4n) is 2.40. The van der Waals surface area contributed by atoms with Gasteiger partial charge in [-0.1, -0.05) is 12.1 Å². The first-order chi connectivity index (χ1) is 11.7. The van der Waals surface area contributed by atoms with E-state index in [1.165, 1.54) is 31.2 Å². The molecule has 0 bridgehead atoms. The minimum Gasteiger partial charge on any atom is -0.422 e. The second-order valence-corrected chi connectivity index (χ2v) is 6.80. The van der Waals surface area contributed by atoms with E-state index in [9.17, 15) is 18.0 Å². The molecule has 0 saturated carbocycles. The van der Waals surface area contributed by atoms with Crippen LogP contribution in [0.5, 0.6) is 0 Å². The summed E-state index contributed by atoms with van der Waals surface area (Å²) in [5.41, 5.74) is 0.922. The lowest BCUT2D eigenvalue weighted by atomic mass is 10.1. The van der Waals surface area contributed by atoms with E-state index in [0.717, 1.165) is 0 Å². The third kappa shape index (κ3) is 3.59. The number of hydrogen-bond donors (Lipinski definition) is 2. The van der Waals surface area contributed by atoms with E-state index >= 15 is 0 Å². The van der Waals surface area contributed by atoms with Crippen LogP contribution in [0.15, 0.2) is 62.6 Å². The highest BCUT2D eigenvalue weighted by molar-refractivity contribution is 7.85. The van der Waals surface area contributed by atoms with E-state index in [4.69, 9.17) is 8.97 Å². The first-order valence-corrected chi connectivity index (χ1v) is 8.61. The Hall–Kier alpha value is -2.97. The van der Waals surface area contributed by atoms with E-state index in [1.54, 1.807) is 24.3 Å². The summed E-state index contributed by atoms with van der Waals surface area (Å²) >= 11 is 0. The zero-order valence-corrected chi connectivity index (χ0v) is 13.8. The zero-order valence-electron chi connectivity index (χ0n) is 13.0. The smallest absolute Gasteiger partial charge is 0.344 e. The highest BCUT2D eigenvalue weighted by Crippen LogP contribution is 2.24. The van der Waals surface area contributed by atoms with Crippen LogP contribution in [0.2, 0.25) is 0 Å². The Labute approximate surface area is 142 Å². The normalized spacial score (nSPS) is 11.4. The summed E-state index contributed by atoms with van der Waals surface area (Å²) in [6.07, 6.45) is 0. The van der Waals surface area contributed by atoms with Crippen LogP contribution >= 0.6 is 0 Å². The topological polar surface area (TPSA) is 114 Å². The lowest BCUT2D eigenvalue weighted by molar-refractivity contribution is -0.114. The van der Waals surface area contributed by atoms with Gasteiger partial charge in [-0.15, -0.1) is 0 Å². The molecule has 0 aliphatic heterocycles. The molecule has 128 valence electrons. The SMILES string of the molecule is CC(=O)Nc1ccc2cc(-c3ccc(S(=O)(=O)O)cc3)c(=O)oc2c1. The molecule has 1 aromatic heterocycles. The molecule has 7 nitrogen and oxygen atoms in total. The molecule has 2 N–H and O–H groups in total. The summed E-state index contributed by atoms with van der Waals surface area (Å²) in [6.45, 7) is 1.37. The van der Waals surface area contributed by atoms with Gasteiger partial charge in [0.15, 0.2) is 0 Å². The average molecular weight is 359 g/mol. The van der Waals surface area contributed by atoms with Gasteiger partial charge < -0.3 is 9.73 Å². The molecule has 1 amide bonds. The number of rotatable bonds is 3. The fourth-order valence-corrected chi connectivity index (χ4v) is 2.88. The third-order valence-electron chi connectivity index (χ3n) is 3.52. The van der Waals surface area contributed by atoms with Crippen molar-refractivity contribution >= 4 is 32.7 Å². The van der Waals surface area contributed by atoms with E-state index in [2.05, 4.69) is 5.32 Å². The van der Waals surface area contributed by atoms with Crippen molar-refractivity contribution in [2.75, 3.05) is 5.32 Å². The largest absolute Gasteiger partial charge is 0.422 e. The van der Waals surface area contributed by atoms with Gasteiger partial charge in [0.2, 0.25) is 5.91 Å². The maximum absolute atomic E-state index is 12.2. The minimum absolute atomic E-state index is 0.239. The molecule has 2 aromatic carbocycles. The molecular weight excluding hydrogens is 346 g/mol. The van der Waals surface area contributed by atoms with Crippen LogP contribution < -0.4 is 10.9 Å². The standard InChI is InChI=1S/C17H13NO6S/c1-10(19)18-13-5-2-12-8-15(17(20)24-16(12)9-13)11-3-6-14(7-4-11)25(21,22)23/h2-9H,1H3,(H,18,19)(H,21,22,23). The minimum atomic E-state index is -4.30. The Balaban J connectivity index is 2.07. The summed E-state index contributed by atoms with van der Waals surface area (Å²) in [5, 5.41) is 3.24. The summed E-state index contributed by atoms with van der Waals surface area (Å²) < 4.78 is 36.4. The molecule has 0 saturated heterocycles. The number of benzene rings is 2. The van der Waals surface area contributed by atoms with Gasteiger partial charge in [-0.25, -0.2) is 4.79 Å². The fraction of sp³-hybridized carbons (Fsp3) is 0.0588. The quantitative estimate of drug-likeness (QED) is 0.549. The van der Waals surface area contributed by atoms with Crippen molar-refractivity contribution in [1.29, 1.82) is 0 Å². The predicted molar refractivity (Wildman–Crippen MR) is 92.0 cm³/mol. The summed E-state index contributed by atoms with van der Waals surface area (Å²) in [5.74, 6) is -0.239. The van der Waals surface area contributed by atoms with Crippen molar-refractivity contribution in [3.63, 3.8) is 0 Å². The van der Waals surface area contributed by atoms with Crippen LogP contribution in [0.1, 0.15) is 6.92 Å². The predicted octanol–water partition coefficient (Wildman–Crippen LogP) is 2.67. The molecule has 0 fully saturated rings. The van der Waals surface area contributed by atoms with Gasteiger partial charge in [0.1, 0.15) is 5.58 Å². The molecule has 0 aliphatic rings. The number of amides is 1. The molecule has 0 radical (unpaired) electrons. The van der Waals surface area contributed by atoms with Crippen molar-refractivity contribution in [2.45, 2.75) is 11.8 Å². The highest BCUT2D eigenvalue weighted by Gasteiger charge is 2.12. The molecule has 8 heteroatoms. The highest BCUT2D eigenvalue weighted by atomic mass is 32.2. The molecule has 0 spiro atoms. The lowest BCUT2D eigenvalue weighted by Gasteiger charge is -2.06. The van der Waals surface area contributed by atoms with Crippen molar-refractivity contribution in [3.05, 3.63) is 59.0 Å². The van der Waals surface area contributed by atoms with Crippen molar-refractivity contribution in [3.8, 4) is 11.1 Å². The van der Waals surface area contributed by atoms with Crippen LogP contribution in [0.25, 0.3) is 22.1 Å².